The average molecular weight is 191 g/mol. The molecule has 1 atom stereocenters. The Kier molecular flexibility index (Phi) is 4.31. The fraction of sp³-hybridized carbons (Fsp3) is 0.500. The average Bonchev–Trinajstić information content (AvgIpc) is 2.31. The second-order valence-electron chi connectivity index (χ2n) is 2.73. The summed E-state index contributed by atoms with van der Waals surface area (Å²) in [6.45, 7) is 4.33. The standard InChI is InChI=1S/C8H14N2O.ClH/c1-5-3-8(7(10)4-9)11-6(5)2;/h3,7H,4,9-10H2,1-2H3;1H/t7-;/m0./s1. The Morgan fingerprint density at radius 3 is 2.42 bits per heavy atom. The van der Waals surface area contributed by atoms with Crippen LogP contribution < -0.4 is 11.5 Å². The van der Waals surface area contributed by atoms with Gasteiger partial charge in [0.15, 0.2) is 0 Å². The topological polar surface area (TPSA) is 65.2 Å². The predicted octanol–water partition coefficient (Wildman–Crippen LogP) is 1.28. The Morgan fingerprint density at radius 1 is 1.50 bits per heavy atom. The van der Waals surface area contributed by atoms with Crippen molar-refractivity contribution < 1.29 is 4.42 Å². The first-order valence-corrected chi connectivity index (χ1v) is 3.67. The molecular weight excluding hydrogens is 176 g/mol. The molecule has 4 N–H and O–H groups in total. The molecule has 0 saturated carbocycles. The molecule has 3 nitrogen and oxygen atoms in total. The van der Waals surface area contributed by atoms with Gasteiger partial charge in [0.1, 0.15) is 11.5 Å². The SMILES string of the molecule is Cc1cc([C@@H](N)CN)oc1C.Cl. The molecule has 4 heteroatoms. The van der Waals surface area contributed by atoms with Crippen molar-refractivity contribution in [2.45, 2.75) is 19.9 Å². The third kappa shape index (κ3) is 2.24. The van der Waals surface area contributed by atoms with Crippen molar-refractivity contribution in [1.29, 1.82) is 0 Å². The number of aryl methyl sites for hydroxylation is 2. The van der Waals surface area contributed by atoms with Crippen molar-refractivity contribution in [1.82, 2.24) is 0 Å². The molecule has 12 heavy (non-hydrogen) atoms. The minimum atomic E-state index is -0.164. The molecule has 1 aromatic heterocycles. The highest BCUT2D eigenvalue weighted by molar-refractivity contribution is 5.85. The molecular formula is C8H15ClN2O. The number of hydrogen-bond donors (Lipinski definition) is 2. The lowest BCUT2D eigenvalue weighted by atomic mass is 10.2. The third-order valence-corrected chi connectivity index (χ3v) is 1.80. The van der Waals surface area contributed by atoms with E-state index in [1.54, 1.807) is 0 Å². The molecule has 0 fully saturated rings. The molecule has 0 saturated heterocycles. The lowest BCUT2D eigenvalue weighted by Gasteiger charge is -2.02. The number of halogens is 1. The summed E-state index contributed by atoms with van der Waals surface area (Å²) in [6, 6.07) is 1.77. The van der Waals surface area contributed by atoms with Crippen molar-refractivity contribution in [3.05, 3.63) is 23.2 Å². The molecule has 0 unspecified atom stereocenters. The van der Waals surface area contributed by atoms with E-state index in [1.807, 2.05) is 19.9 Å². The van der Waals surface area contributed by atoms with Gasteiger partial charge in [0.2, 0.25) is 0 Å². The highest BCUT2D eigenvalue weighted by Crippen LogP contribution is 2.17. The van der Waals surface area contributed by atoms with Crippen molar-refractivity contribution in [2.75, 3.05) is 6.54 Å². The summed E-state index contributed by atoms with van der Waals surface area (Å²) in [5, 5.41) is 0. The zero-order valence-electron chi connectivity index (χ0n) is 7.33. The van der Waals surface area contributed by atoms with Gasteiger partial charge in [-0.3, -0.25) is 0 Å². The molecule has 0 amide bonds. The van der Waals surface area contributed by atoms with E-state index in [9.17, 15) is 0 Å². The molecule has 1 aromatic rings. The van der Waals surface area contributed by atoms with Crippen LogP contribution in [0, 0.1) is 13.8 Å². The molecule has 1 rings (SSSR count). The van der Waals surface area contributed by atoms with E-state index >= 15 is 0 Å². The number of rotatable bonds is 2. The minimum absolute atomic E-state index is 0. The fourth-order valence-corrected chi connectivity index (χ4v) is 0.901. The molecule has 1 heterocycles. The summed E-state index contributed by atoms with van der Waals surface area (Å²) < 4.78 is 5.36. The number of furan rings is 1. The predicted molar refractivity (Wildman–Crippen MR) is 51.4 cm³/mol. The van der Waals surface area contributed by atoms with E-state index in [1.165, 1.54) is 0 Å². The van der Waals surface area contributed by atoms with Gasteiger partial charge in [-0.25, -0.2) is 0 Å². The van der Waals surface area contributed by atoms with E-state index in [0.717, 1.165) is 17.1 Å². The monoisotopic (exact) mass is 190 g/mol. The van der Waals surface area contributed by atoms with E-state index in [2.05, 4.69) is 0 Å². The van der Waals surface area contributed by atoms with Crippen LogP contribution in [0.3, 0.4) is 0 Å². The Morgan fingerprint density at radius 2 is 2.08 bits per heavy atom. The lowest BCUT2D eigenvalue weighted by molar-refractivity contribution is 0.448. The second kappa shape index (κ2) is 4.50. The molecule has 0 bridgehead atoms. The van der Waals surface area contributed by atoms with Gasteiger partial charge in [-0.05, 0) is 25.5 Å². The summed E-state index contributed by atoms with van der Waals surface area (Å²) in [5.41, 5.74) is 12.2. The van der Waals surface area contributed by atoms with Crippen LogP contribution in [0.5, 0.6) is 0 Å². The summed E-state index contributed by atoms with van der Waals surface area (Å²) >= 11 is 0. The van der Waals surface area contributed by atoms with Crippen LogP contribution in [0.15, 0.2) is 10.5 Å². The van der Waals surface area contributed by atoms with Gasteiger partial charge in [0.25, 0.3) is 0 Å². The first-order chi connectivity index (χ1) is 5.15. The Labute approximate surface area is 78.5 Å². The van der Waals surface area contributed by atoms with Crippen LogP contribution >= 0.6 is 12.4 Å². The van der Waals surface area contributed by atoms with E-state index in [0.29, 0.717) is 6.54 Å². The third-order valence-electron chi connectivity index (χ3n) is 1.80. The molecule has 0 spiro atoms. The zero-order valence-corrected chi connectivity index (χ0v) is 8.15. The van der Waals surface area contributed by atoms with Crippen molar-refractivity contribution in [2.24, 2.45) is 11.5 Å². The maximum absolute atomic E-state index is 5.66. The second-order valence-corrected chi connectivity index (χ2v) is 2.73. The number of nitrogens with two attached hydrogens (primary N) is 2. The largest absolute Gasteiger partial charge is 0.464 e. The van der Waals surface area contributed by atoms with Gasteiger partial charge in [0, 0.05) is 6.54 Å². The summed E-state index contributed by atoms with van der Waals surface area (Å²) in [5.74, 6) is 1.70. The molecule has 0 aliphatic rings. The highest BCUT2D eigenvalue weighted by atomic mass is 35.5. The Hall–Kier alpha value is -0.510. The van der Waals surface area contributed by atoms with Gasteiger partial charge < -0.3 is 15.9 Å². The molecule has 0 aliphatic carbocycles. The Bertz CT molecular complexity index is 228. The van der Waals surface area contributed by atoms with E-state index < -0.39 is 0 Å². The van der Waals surface area contributed by atoms with Gasteiger partial charge in [-0.1, -0.05) is 0 Å². The van der Waals surface area contributed by atoms with Crippen molar-refractivity contribution in [3.8, 4) is 0 Å². The van der Waals surface area contributed by atoms with Gasteiger partial charge in [-0.15, -0.1) is 12.4 Å². The molecule has 0 aliphatic heterocycles. The van der Waals surface area contributed by atoms with Gasteiger partial charge in [-0.2, -0.15) is 0 Å². The van der Waals surface area contributed by atoms with Crippen LogP contribution in [0.25, 0.3) is 0 Å². The quantitative estimate of drug-likeness (QED) is 0.739. The van der Waals surface area contributed by atoms with E-state index in [4.69, 9.17) is 15.9 Å². The maximum atomic E-state index is 5.66. The highest BCUT2D eigenvalue weighted by Gasteiger charge is 2.09. The zero-order chi connectivity index (χ0) is 8.43. The molecule has 0 radical (unpaired) electrons. The molecule has 70 valence electrons. The maximum Gasteiger partial charge on any atom is 0.122 e. The van der Waals surface area contributed by atoms with Crippen LogP contribution in [0.2, 0.25) is 0 Å². The summed E-state index contributed by atoms with van der Waals surface area (Å²) in [4.78, 5) is 0. The smallest absolute Gasteiger partial charge is 0.122 e. The fourth-order valence-electron chi connectivity index (χ4n) is 0.901. The van der Waals surface area contributed by atoms with Crippen LogP contribution in [0.4, 0.5) is 0 Å². The lowest BCUT2D eigenvalue weighted by Crippen LogP contribution is -2.19. The van der Waals surface area contributed by atoms with Crippen LogP contribution in [-0.2, 0) is 0 Å². The van der Waals surface area contributed by atoms with Crippen molar-refractivity contribution >= 4 is 12.4 Å². The molecule has 0 aromatic carbocycles. The first kappa shape index (κ1) is 11.5. The van der Waals surface area contributed by atoms with Gasteiger partial charge in [0.05, 0.1) is 6.04 Å². The number of hydrogen-bond acceptors (Lipinski definition) is 3. The minimum Gasteiger partial charge on any atom is -0.464 e. The van der Waals surface area contributed by atoms with Crippen LogP contribution in [-0.4, -0.2) is 6.54 Å². The van der Waals surface area contributed by atoms with Crippen molar-refractivity contribution in [3.63, 3.8) is 0 Å². The van der Waals surface area contributed by atoms with Crippen LogP contribution in [0.1, 0.15) is 23.1 Å². The Balaban J connectivity index is 0.00000121. The van der Waals surface area contributed by atoms with Gasteiger partial charge >= 0.3 is 0 Å². The van der Waals surface area contributed by atoms with E-state index in [-0.39, 0.29) is 18.4 Å². The summed E-state index contributed by atoms with van der Waals surface area (Å²) in [6.07, 6.45) is 0. The normalized spacial score (nSPS) is 12.3. The summed E-state index contributed by atoms with van der Waals surface area (Å²) in [7, 11) is 0. The first-order valence-electron chi connectivity index (χ1n) is 3.67.